The van der Waals surface area contributed by atoms with Crippen molar-refractivity contribution < 1.29 is 40.9 Å². The third kappa shape index (κ3) is 7.36. The van der Waals surface area contributed by atoms with Crippen LogP contribution in [0.15, 0.2) is 56.4 Å². The second-order valence-corrected chi connectivity index (χ2v) is 9.85. The van der Waals surface area contributed by atoms with Crippen LogP contribution < -0.4 is 5.32 Å². The number of nitrogens with zero attached hydrogens (tertiary/aromatic N) is 2. The molecule has 17 heteroatoms. The van der Waals surface area contributed by atoms with E-state index in [-0.39, 0.29) is 92.0 Å². The van der Waals surface area contributed by atoms with Gasteiger partial charge in [0.05, 0.1) is 10.6 Å². The van der Waals surface area contributed by atoms with Crippen molar-refractivity contribution in [3.63, 3.8) is 0 Å². The summed E-state index contributed by atoms with van der Waals surface area (Å²) >= 11 is 5.82. The monoisotopic (exact) mass is 561 g/mol. The zero-order valence-electron chi connectivity index (χ0n) is 18.4. The molecule has 0 unspecified atom stereocenters. The van der Waals surface area contributed by atoms with E-state index in [1.807, 2.05) is 0 Å². The van der Waals surface area contributed by atoms with E-state index in [4.69, 9.17) is 11.6 Å². The number of hydrogen-bond acceptors (Lipinski definition) is 9. The van der Waals surface area contributed by atoms with Gasteiger partial charge in [-0.05, 0) is 41.8 Å². The Bertz CT molecular complexity index is 1560. The predicted octanol–water partition coefficient (Wildman–Crippen LogP) is 3.01. The smallest absolute Gasteiger partial charge is 0.296 e. The molecule has 12 nitrogen and oxygen atoms in total. The molecular weight excluding hydrogens is 548 g/mol. The number of fused-ring (bicyclic) bond motifs is 1. The Balaban J connectivity index is 0.00000306. The summed E-state index contributed by atoms with van der Waals surface area (Å²) in [5.74, 6) is -1.97. The summed E-state index contributed by atoms with van der Waals surface area (Å²) in [6.45, 7) is 1.08. The fourth-order valence-corrected chi connectivity index (χ4v) is 4.24. The maximum atomic E-state index is 12.0. The molecule has 3 aromatic rings. The van der Waals surface area contributed by atoms with Crippen LogP contribution in [-0.2, 0) is 25.0 Å². The minimum Gasteiger partial charge on any atom is -0.506 e. The Hall–Kier alpha value is -1.30. The number of phenols is 2. The number of carbonyl (C=O) groups is 1. The second-order valence-electron chi connectivity index (χ2n) is 6.61. The molecule has 0 fully saturated rings. The Morgan fingerprint density at radius 1 is 0.943 bits per heavy atom. The van der Waals surface area contributed by atoms with Crippen molar-refractivity contribution in [2.24, 2.45) is 10.2 Å². The summed E-state index contributed by atoms with van der Waals surface area (Å²) in [5.41, 5.74) is -1.29. The summed E-state index contributed by atoms with van der Waals surface area (Å²) in [5, 5.41) is 29.8. The van der Waals surface area contributed by atoms with Crippen LogP contribution in [0.25, 0.3) is 10.8 Å². The first-order chi connectivity index (χ1) is 15.2. The number of halogens is 1. The SMILES string of the molecule is CC(=O)Nc1cc(S(=O)(=O)O)cc2cc(S(=O)(=O)O)c(N=Nc3cc(Cl)ccc3O)c(O)c12.[Na].[Na]. The van der Waals surface area contributed by atoms with Gasteiger partial charge in [-0.15, -0.1) is 10.2 Å². The molecule has 35 heavy (non-hydrogen) atoms. The van der Waals surface area contributed by atoms with Crippen molar-refractivity contribution in [2.45, 2.75) is 16.7 Å². The largest absolute Gasteiger partial charge is 0.506 e. The normalized spacial score (nSPS) is 11.7. The third-order valence-corrected chi connectivity index (χ3v) is 6.14. The van der Waals surface area contributed by atoms with Crippen molar-refractivity contribution in [3.05, 3.63) is 41.4 Å². The molecule has 0 bridgehead atoms. The molecule has 0 aliphatic rings. The van der Waals surface area contributed by atoms with Gasteiger partial charge >= 0.3 is 0 Å². The molecule has 176 valence electrons. The Kier molecular flexibility index (Phi) is 10.7. The van der Waals surface area contributed by atoms with E-state index in [9.17, 15) is 40.9 Å². The summed E-state index contributed by atoms with van der Waals surface area (Å²) < 4.78 is 66.2. The number of anilines is 1. The van der Waals surface area contributed by atoms with E-state index < -0.39 is 47.4 Å². The van der Waals surface area contributed by atoms with Crippen LogP contribution in [0.4, 0.5) is 17.1 Å². The van der Waals surface area contributed by atoms with Crippen LogP contribution in [0.3, 0.4) is 0 Å². The van der Waals surface area contributed by atoms with Crippen LogP contribution >= 0.6 is 11.6 Å². The molecule has 3 aromatic carbocycles. The topological polar surface area (TPSA) is 203 Å². The molecule has 0 saturated heterocycles. The van der Waals surface area contributed by atoms with E-state index in [1.54, 1.807) is 0 Å². The first-order valence-electron chi connectivity index (χ1n) is 8.65. The first kappa shape index (κ1) is 31.7. The summed E-state index contributed by atoms with van der Waals surface area (Å²) in [6.07, 6.45) is 0. The quantitative estimate of drug-likeness (QED) is 0.176. The Labute approximate surface area is 248 Å². The van der Waals surface area contributed by atoms with Crippen molar-refractivity contribution in [1.29, 1.82) is 0 Å². The summed E-state index contributed by atoms with van der Waals surface area (Å²) in [7, 11) is -9.86. The van der Waals surface area contributed by atoms with Gasteiger partial charge in [0.2, 0.25) is 5.91 Å². The summed E-state index contributed by atoms with van der Waals surface area (Å²) in [4.78, 5) is 9.90. The molecule has 5 N–H and O–H groups in total. The number of aromatic hydroxyl groups is 2. The van der Waals surface area contributed by atoms with Crippen molar-refractivity contribution in [2.75, 3.05) is 5.32 Å². The van der Waals surface area contributed by atoms with Crippen LogP contribution in [-0.4, -0.2) is 101 Å². The van der Waals surface area contributed by atoms with Crippen molar-refractivity contribution in [1.82, 2.24) is 0 Å². The average Bonchev–Trinajstić information content (AvgIpc) is 2.67. The van der Waals surface area contributed by atoms with Crippen LogP contribution in [0.1, 0.15) is 6.92 Å². The van der Waals surface area contributed by atoms with Crippen LogP contribution in [0.2, 0.25) is 5.02 Å². The molecule has 0 heterocycles. The summed E-state index contributed by atoms with van der Waals surface area (Å²) in [6, 6.07) is 6.12. The molecule has 0 atom stereocenters. The van der Waals surface area contributed by atoms with E-state index in [2.05, 4.69) is 15.5 Å². The fourth-order valence-electron chi connectivity index (χ4n) is 2.87. The number of phenolic OH excluding ortho intramolecular Hbond substituents is 2. The molecule has 0 aliphatic heterocycles. The molecule has 0 spiro atoms. The first-order valence-corrected chi connectivity index (χ1v) is 11.9. The van der Waals surface area contributed by atoms with E-state index in [1.165, 1.54) is 18.2 Å². The number of azo groups is 1. The van der Waals surface area contributed by atoms with Gasteiger partial charge in [0.15, 0.2) is 5.75 Å². The number of nitrogens with one attached hydrogen (secondary N) is 1. The van der Waals surface area contributed by atoms with Gasteiger partial charge in [0.1, 0.15) is 22.0 Å². The van der Waals surface area contributed by atoms with Crippen molar-refractivity contribution in [3.8, 4) is 11.5 Å². The zero-order chi connectivity index (χ0) is 24.7. The van der Waals surface area contributed by atoms with Crippen LogP contribution in [0.5, 0.6) is 11.5 Å². The third-order valence-electron chi connectivity index (χ3n) is 4.21. The van der Waals surface area contributed by atoms with Gasteiger partial charge in [0.25, 0.3) is 20.2 Å². The molecule has 0 aromatic heterocycles. The van der Waals surface area contributed by atoms with Gasteiger partial charge in [-0.2, -0.15) is 16.8 Å². The van der Waals surface area contributed by atoms with Gasteiger partial charge < -0.3 is 15.5 Å². The minimum absolute atomic E-state index is 0. The molecular formula is C18H14ClN3Na2O9S2. The van der Waals surface area contributed by atoms with Gasteiger partial charge in [0, 0.05) is 76.4 Å². The Morgan fingerprint density at radius 3 is 2.11 bits per heavy atom. The molecule has 3 rings (SSSR count). The second kappa shape index (κ2) is 11.8. The number of carbonyl (C=O) groups excluding carboxylic acids is 1. The van der Waals surface area contributed by atoms with Gasteiger partial charge in [-0.25, -0.2) is 0 Å². The Morgan fingerprint density at radius 2 is 1.57 bits per heavy atom. The number of rotatable bonds is 5. The maximum absolute atomic E-state index is 12.0. The fraction of sp³-hybridized carbons (Fsp3) is 0.0556. The number of amides is 1. The molecule has 0 saturated carbocycles. The maximum Gasteiger partial charge on any atom is 0.296 e. The standard InChI is InChI=1S/C18H14ClN3O9S2.2Na/c1-8(23)20-13-7-11(32(26,27)28)4-9-5-15(33(29,30)31)17(18(25)16(9)13)22-21-12-6-10(19)2-3-14(12)24;;/h2-7,24-25H,1H3,(H,20,23)(H,26,27,28)(H,29,30,31);;. The van der Waals surface area contributed by atoms with E-state index >= 15 is 0 Å². The average molecular weight is 562 g/mol. The van der Waals surface area contributed by atoms with Crippen LogP contribution in [0, 0.1) is 0 Å². The molecule has 0 aliphatic carbocycles. The van der Waals surface area contributed by atoms with Gasteiger partial charge in [-0.3, -0.25) is 13.9 Å². The predicted molar refractivity (Wildman–Crippen MR) is 128 cm³/mol. The molecule has 1 amide bonds. The van der Waals surface area contributed by atoms with Crippen molar-refractivity contribution >= 4 is 125 Å². The molecule has 2 radical (unpaired) electrons. The number of benzene rings is 3. The number of hydrogen-bond donors (Lipinski definition) is 5. The van der Waals surface area contributed by atoms with Gasteiger partial charge in [-0.1, -0.05) is 11.6 Å². The van der Waals surface area contributed by atoms with E-state index in [0.29, 0.717) is 0 Å². The van der Waals surface area contributed by atoms with E-state index in [0.717, 1.165) is 25.1 Å². The zero-order valence-corrected chi connectivity index (χ0v) is 24.8. The minimum atomic E-state index is -5.06.